The third-order valence-electron chi connectivity index (χ3n) is 7.07. The van der Waals surface area contributed by atoms with Crippen molar-refractivity contribution in [2.45, 2.75) is 48.4 Å². The Balaban J connectivity index is 1.33. The van der Waals surface area contributed by atoms with E-state index in [0.717, 1.165) is 27.8 Å². The van der Waals surface area contributed by atoms with Crippen LogP contribution >= 0.6 is 11.3 Å². The van der Waals surface area contributed by atoms with E-state index in [0.29, 0.717) is 29.1 Å². The fourth-order valence-corrected chi connectivity index (χ4v) is 7.43. The molecule has 4 N–H and O–H groups in total. The quantitative estimate of drug-likeness (QED) is 0.309. The molecule has 2 aliphatic heterocycles. The van der Waals surface area contributed by atoms with Gasteiger partial charge in [0.1, 0.15) is 23.7 Å². The molecule has 2 aromatic heterocycles. The molecule has 2 fully saturated rings. The average Bonchev–Trinajstić information content (AvgIpc) is 3.63. The van der Waals surface area contributed by atoms with Crippen LogP contribution in [0.15, 0.2) is 34.8 Å². The van der Waals surface area contributed by atoms with Crippen molar-refractivity contribution in [3.05, 3.63) is 36.2 Å². The summed E-state index contributed by atoms with van der Waals surface area (Å²) in [4.78, 5) is 36.1. The first-order valence-electron chi connectivity index (χ1n) is 12.8. The Morgan fingerprint density at radius 2 is 2.12 bits per heavy atom. The largest absolute Gasteiger partial charge is 0.494 e. The molecule has 12 nitrogen and oxygen atoms in total. The number of nitrogens with one attached hydrogen (secondary N) is 1. The number of nitrogens with two attached hydrogens (primary N) is 1. The van der Waals surface area contributed by atoms with Gasteiger partial charge >= 0.3 is 5.97 Å². The highest BCUT2D eigenvalue weighted by atomic mass is 32.2. The summed E-state index contributed by atoms with van der Waals surface area (Å²) in [6.07, 6.45) is 2.20. The molecule has 0 radical (unpaired) electrons. The summed E-state index contributed by atoms with van der Waals surface area (Å²) >= 11 is 0.729. The highest BCUT2D eigenvalue weighted by Crippen LogP contribution is 2.35. The van der Waals surface area contributed by atoms with Gasteiger partial charge in [0.05, 0.1) is 19.3 Å². The van der Waals surface area contributed by atoms with Gasteiger partial charge in [-0.1, -0.05) is 11.3 Å². The summed E-state index contributed by atoms with van der Waals surface area (Å²) in [7, 11) is -4.23. The smallest absolute Gasteiger partial charge is 0.326 e. The van der Waals surface area contributed by atoms with Gasteiger partial charge < -0.3 is 25.4 Å². The molecule has 2 unspecified atom stereocenters. The normalized spacial score (nSPS) is 19.7. The molecule has 0 bridgehead atoms. The van der Waals surface area contributed by atoms with Gasteiger partial charge in [-0.05, 0) is 42.5 Å². The first-order valence-corrected chi connectivity index (χ1v) is 15.1. The molecule has 5 rings (SSSR count). The molecule has 1 amide bonds. The number of ether oxygens (including phenoxy) is 1. The van der Waals surface area contributed by atoms with E-state index >= 15 is 0 Å². The number of aliphatic carboxylic acids is 1. The van der Waals surface area contributed by atoms with Crippen molar-refractivity contribution in [3.63, 3.8) is 0 Å². The average molecular weight is 611 g/mol. The van der Waals surface area contributed by atoms with Gasteiger partial charge in [0.15, 0.2) is 9.34 Å². The fraction of sp³-hybridized carbons (Fsp3) is 0.440. The number of hydrogen-bond acceptors (Lipinski definition) is 10. The van der Waals surface area contributed by atoms with Crippen molar-refractivity contribution in [3.8, 4) is 5.75 Å². The van der Waals surface area contributed by atoms with Gasteiger partial charge in [0.25, 0.3) is 15.9 Å². The number of thiazole rings is 1. The number of aromatic nitrogens is 2. The number of carboxylic acid groups (broad SMARTS) is 1. The predicted octanol–water partition coefficient (Wildman–Crippen LogP) is 2.09. The van der Waals surface area contributed by atoms with Crippen molar-refractivity contribution >= 4 is 55.0 Å². The van der Waals surface area contributed by atoms with Crippen molar-refractivity contribution in [2.24, 2.45) is 0 Å². The van der Waals surface area contributed by atoms with Crippen LogP contribution in [0.2, 0.25) is 0 Å². The van der Waals surface area contributed by atoms with E-state index in [-0.39, 0.29) is 41.7 Å². The summed E-state index contributed by atoms with van der Waals surface area (Å²) in [5.74, 6) is -4.11. The molecule has 2 aliphatic rings. The number of alkyl halides is 2. The molecule has 0 spiro atoms. The number of fused-ring (bicyclic) bond motifs is 1. The van der Waals surface area contributed by atoms with Crippen molar-refractivity contribution in [1.82, 2.24) is 19.6 Å². The first kappa shape index (κ1) is 28.9. The minimum absolute atomic E-state index is 0.00814. The zero-order valence-corrected chi connectivity index (χ0v) is 23.6. The summed E-state index contributed by atoms with van der Waals surface area (Å²) < 4.78 is 61.1. The second-order valence-corrected chi connectivity index (χ2v) is 12.8. The Morgan fingerprint density at radius 3 is 2.80 bits per heavy atom. The van der Waals surface area contributed by atoms with E-state index in [2.05, 4.69) is 14.7 Å². The standard InChI is InChI=1S/C25H28F2N6O6S2/c1-2-39-19-11-16-14(3-6-29-21(16)28)9-15(19)10-18(23(35)36)33-7-4-17(22(33)34)31-41(37,38)20-12-30-24(40-20)32-8-5-25(26,27)13-32/h3,6,9,11-12,17-18,31H,2,4-5,7-8,10,13H2,1H3,(H2,28,29)(H,35,36). The predicted molar refractivity (Wildman–Crippen MR) is 147 cm³/mol. The summed E-state index contributed by atoms with van der Waals surface area (Å²) in [6, 6.07) is 2.67. The third-order valence-corrected chi connectivity index (χ3v) is 10.1. The number of halogens is 2. The number of rotatable bonds is 10. The van der Waals surface area contributed by atoms with Crippen LogP contribution in [-0.4, -0.2) is 84.5 Å². The monoisotopic (exact) mass is 610 g/mol. The Hall–Kier alpha value is -3.63. The molecule has 41 heavy (non-hydrogen) atoms. The molecule has 1 aromatic carbocycles. The van der Waals surface area contributed by atoms with Gasteiger partial charge in [0, 0.05) is 37.5 Å². The highest BCUT2D eigenvalue weighted by Gasteiger charge is 2.42. The number of carbonyl (C=O) groups excluding carboxylic acids is 1. The molecule has 0 aliphatic carbocycles. The maximum atomic E-state index is 13.6. The maximum absolute atomic E-state index is 13.6. The second kappa shape index (κ2) is 11.0. The molecule has 2 saturated heterocycles. The molecule has 0 saturated carbocycles. The van der Waals surface area contributed by atoms with Crippen molar-refractivity contribution < 1.29 is 36.6 Å². The Morgan fingerprint density at radius 1 is 1.34 bits per heavy atom. The number of anilines is 2. The molecular weight excluding hydrogens is 582 g/mol. The lowest BCUT2D eigenvalue weighted by Crippen LogP contribution is -2.48. The molecule has 3 aromatic rings. The van der Waals surface area contributed by atoms with Gasteiger partial charge in [0.2, 0.25) is 5.91 Å². The van der Waals surface area contributed by atoms with Crippen molar-refractivity contribution in [1.29, 1.82) is 0 Å². The Kier molecular flexibility index (Phi) is 7.74. The third kappa shape index (κ3) is 5.90. The number of carbonyl (C=O) groups is 2. The summed E-state index contributed by atoms with van der Waals surface area (Å²) in [5, 5.41) is 11.6. The number of hydrogen-bond donors (Lipinski definition) is 3. The number of benzene rings is 1. The van der Waals surface area contributed by atoms with E-state index in [1.54, 1.807) is 25.1 Å². The van der Waals surface area contributed by atoms with Crippen LogP contribution in [-0.2, 0) is 26.0 Å². The van der Waals surface area contributed by atoms with Crippen LogP contribution in [0.5, 0.6) is 5.75 Å². The molecule has 16 heteroatoms. The SMILES string of the molecule is CCOc1cc2c(N)nccc2cc1CC(C(=O)O)N1CCC(NS(=O)(=O)c2cnc(N3CCC(F)(F)C3)s2)C1=O. The van der Waals surface area contributed by atoms with Gasteiger partial charge in [-0.3, -0.25) is 4.79 Å². The number of likely N-dealkylation sites (tertiary alicyclic amines) is 1. The number of nitrogens with zero attached hydrogens (tertiary/aromatic N) is 4. The zero-order chi connectivity index (χ0) is 29.5. The van der Waals surface area contributed by atoms with E-state index in [1.807, 2.05) is 0 Å². The maximum Gasteiger partial charge on any atom is 0.326 e. The van der Waals surface area contributed by atoms with Crippen LogP contribution in [0, 0.1) is 0 Å². The number of carboxylic acids is 1. The minimum atomic E-state index is -4.23. The molecular formula is C25H28F2N6O6S2. The topological polar surface area (TPSA) is 168 Å². The second-order valence-electron chi connectivity index (χ2n) is 9.85. The first-order chi connectivity index (χ1) is 19.4. The lowest BCUT2D eigenvalue weighted by Gasteiger charge is -2.26. The van der Waals surface area contributed by atoms with Gasteiger partial charge in [-0.2, -0.15) is 4.72 Å². The molecule has 220 valence electrons. The lowest BCUT2D eigenvalue weighted by atomic mass is 10.00. The minimum Gasteiger partial charge on any atom is -0.494 e. The van der Waals surface area contributed by atoms with Crippen LogP contribution in [0.1, 0.15) is 25.3 Å². The van der Waals surface area contributed by atoms with E-state index in [9.17, 15) is 31.9 Å². The Bertz CT molecular complexity index is 1600. The summed E-state index contributed by atoms with van der Waals surface area (Å²) in [5.41, 5.74) is 6.53. The van der Waals surface area contributed by atoms with Crippen LogP contribution < -0.4 is 20.1 Å². The lowest BCUT2D eigenvalue weighted by molar-refractivity contribution is -0.148. The van der Waals surface area contributed by atoms with Gasteiger partial charge in [-0.15, -0.1) is 0 Å². The Labute approximate surface area is 238 Å². The van der Waals surface area contributed by atoms with Crippen LogP contribution in [0.25, 0.3) is 10.8 Å². The summed E-state index contributed by atoms with van der Waals surface area (Å²) in [6.45, 7) is 1.60. The number of sulfonamides is 1. The number of nitrogen functional groups attached to an aromatic ring is 1. The highest BCUT2D eigenvalue weighted by molar-refractivity contribution is 7.91. The van der Waals surface area contributed by atoms with Gasteiger partial charge in [-0.25, -0.2) is 32.0 Å². The van der Waals surface area contributed by atoms with E-state index < -0.39 is 46.5 Å². The number of amides is 1. The molecule has 4 heterocycles. The number of pyridine rings is 1. The van der Waals surface area contributed by atoms with Crippen molar-refractivity contribution in [2.75, 3.05) is 36.9 Å². The fourth-order valence-electron chi connectivity index (χ4n) is 5.05. The van der Waals surface area contributed by atoms with E-state index in [4.69, 9.17) is 10.5 Å². The van der Waals surface area contributed by atoms with Crippen LogP contribution in [0.4, 0.5) is 19.7 Å². The zero-order valence-electron chi connectivity index (χ0n) is 21.9. The van der Waals surface area contributed by atoms with Crippen LogP contribution in [0.3, 0.4) is 0 Å². The van der Waals surface area contributed by atoms with E-state index in [1.165, 1.54) is 11.1 Å². The molecule has 2 atom stereocenters.